The number of carboxylic acid groups (broad SMARTS) is 1. The molecule has 0 bridgehead atoms. The number of aromatic carboxylic acids is 1. The fraction of sp³-hybridized carbons (Fsp3) is 0.385. The lowest BCUT2D eigenvalue weighted by atomic mass is 10.3. The van der Waals surface area contributed by atoms with Crippen LogP contribution in [0.25, 0.3) is 0 Å². The van der Waals surface area contributed by atoms with Gasteiger partial charge in [0.2, 0.25) is 0 Å². The highest BCUT2D eigenvalue weighted by Gasteiger charge is 2.17. The van der Waals surface area contributed by atoms with Crippen LogP contribution in [-0.2, 0) is 13.0 Å². The summed E-state index contributed by atoms with van der Waals surface area (Å²) in [4.78, 5) is 32.3. The summed E-state index contributed by atoms with van der Waals surface area (Å²) < 4.78 is 0. The molecule has 0 aliphatic heterocycles. The Balaban J connectivity index is 2.05. The maximum absolute atomic E-state index is 12.1. The molecule has 0 spiro atoms. The molecule has 2 rings (SSSR count). The van der Waals surface area contributed by atoms with E-state index in [9.17, 15) is 9.59 Å². The van der Waals surface area contributed by atoms with Gasteiger partial charge >= 0.3 is 5.97 Å². The molecule has 0 saturated carbocycles. The zero-order chi connectivity index (χ0) is 15.6. The van der Waals surface area contributed by atoms with E-state index < -0.39 is 5.97 Å². The van der Waals surface area contributed by atoms with Crippen LogP contribution in [0.5, 0.6) is 0 Å². The van der Waals surface area contributed by atoms with Crippen molar-refractivity contribution in [3.8, 4) is 0 Å². The lowest BCUT2D eigenvalue weighted by Gasteiger charge is -2.00. The van der Waals surface area contributed by atoms with E-state index >= 15 is 0 Å². The second kappa shape index (κ2) is 6.31. The topological polar surface area (TPSA) is 92.2 Å². The molecule has 0 aliphatic carbocycles. The lowest BCUT2D eigenvalue weighted by molar-refractivity contribution is 0.0701. The Morgan fingerprint density at radius 3 is 2.19 bits per heavy atom. The highest BCUT2D eigenvalue weighted by Crippen LogP contribution is 2.20. The van der Waals surface area contributed by atoms with E-state index in [0.717, 1.165) is 28.5 Å². The quantitative estimate of drug-likeness (QED) is 0.880. The number of carbonyl (C=O) groups excluding carboxylic acids is 1. The number of amides is 1. The maximum atomic E-state index is 12.1. The van der Waals surface area contributed by atoms with Gasteiger partial charge in [-0.3, -0.25) is 4.79 Å². The van der Waals surface area contributed by atoms with Crippen LogP contribution in [0, 0.1) is 13.8 Å². The normalized spacial score (nSPS) is 10.6. The maximum Gasteiger partial charge on any atom is 0.347 e. The molecule has 0 unspecified atom stereocenters. The van der Waals surface area contributed by atoms with Crippen LogP contribution in [0.2, 0.25) is 0 Å². The molecule has 8 heteroatoms. The number of nitrogens with one attached hydrogen (secondary N) is 1. The summed E-state index contributed by atoms with van der Waals surface area (Å²) in [5.74, 6) is -1.19. The smallest absolute Gasteiger partial charge is 0.347 e. The summed E-state index contributed by atoms with van der Waals surface area (Å²) in [6, 6.07) is 0. The van der Waals surface area contributed by atoms with Gasteiger partial charge in [-0.25, -0.2) is 14.8 Å². The molecule has 2 aromatic rings. The van der Waals surface area contributed by atoms with Crippen molar-refractivity contribution in [1.82, 2.24) is 15.3 Å². The van der Waals surface area contributed by atoms with Crippen molar-refractivity contribution in [2.24, 2.45) is 0 Å². The summed E-state index contributed by atoms with van der Waals surface area (Å²) >= 11 is 2.46. The Kier molecular flexibility index (Phi) is 4.69. The van der Waals surface area contributed by atoms with Gasteiger partial charge in [-0.15, -0.1) is 22.7 Å². The molecule has 2 N–H and O–H groups in total. The minimum atomic E-state index is -0.992. The molecule has 21 heavy (non-hydrogen) atoms. The number of carboxylic acids is 1. The molecule has 0 saturated heterocycles. The molecule has 1 amide bonds. The Hall–Kier alpha value is -1.80. The zero-order valence-electron chi connectivity index (χ0n) is 11.9. The number of carbonyl (C=O) groups is 2. The molecule has 2 heterocycles. The van der Waals surface area contributed by atoms with E-state index in [4.69, 9.17) is 5.11 Å². The Morgan fingerprint density at radius 2 is 1.67 bits per heavy atom. The van der Waals surface area contributed by atoms with Gasteiger partial charge in [-0.1, -0.05) is 6.92 Å². The standard InChI is InChI=1S/C13H15N3O3S2/c1-4-8-15-6(2)10(20-8)12(17)14-5-9-16-7(3)11(21-9)13(18)19/h4-5H2,1-3H3,(H,14,17)(H,18,19). The van der Waals surface area contributed by atoms with Crippen LogP contribution >= 0.6 is 22.7 Å². The number of hydrogen-bond donors (Lipinski definition) is 2. The first kappa shape index (κ1) is 15.6. The first-order valence-corrected chi connectivity index (χ1v) is 7.99. The molecular weight excluding hydrogens is 310 g/mol. The average Bonchev–Trinajstić information content (AvgIpc) is 2.99. The first-order chi connectivity index (χ1) is 9.92. The summed E-state index contributed by atoms with van der Waals surface area (Å²) in [7, 11) is 0. The Labute approximate surface area is 129 Å². The minimum absolute atomic E-state index is 0.200. The van der Waals surface area contributed by atoms with Crippen molar-refractivity contribution in [2.75, 3.05) is 0 Å². The predicted octanol–water partition coefficient (Wildman–Crippen LogP) is 2.41. The molecule has 112 valence electrons. The van der Waals surface area contributed by atoms with E-state index in [2.05, 4.69) is 15.3 Å². The van der Waals surface area contributed by atoms with E-state index in [1.54, 1.807) is 13.8 Å². The third-order valence-electron chi connectivity index (χ3n) is 2.78. The SMILES string of the molecule is CCc1nc(C)c(C(=O)NCc2nc(C)c(C(=O)O)s2)s1. The van der Waals surface area contributed by atoms with E-state index in [1.807, 2.05) is 6.92 Å². The molecule has 2 aromatic heterocycles. The highest BCUT2D eigenvalue weighted by atomic mass is 32.1. The molecule has 6 nitrogen and oxygen atoms in total. The van der Waals surface area contributed by atoms with Crippen LogP contribution in [0.3, 0.4) is 0 Å². The van der Waals surface area contributed by atoms with E-state index in [-0.39, 0.29) is 17.3 Å². The highest BCUT2D eigenvalue weighted by molar-refractivity contribution is 7.14. The van der Waals surface area contributed by atoms with Crippen molar-refractivity contribution in [3.63, 3.8) is 0 Å². The van der Waals surface area contributed by atoms with Gasteiger partial charge in [0, 0.05) is 0 Å². The fourth-order valence-electron chi connectivity index (χ4n) is 1.78. The second-order valence-corrected chi connectivity index (χ2v) is 6.55. The Morgan fingerprint density at radius 1 is 1.10 bits per heavy atom. The molecule has 0 radical (unpaired) electrons. The van der Waals surface area contributed by atoms with Gasteiger partial charge in [0.15, 0.2) is 0 Å². The van der Waals surface area contributed by atoms with Crippen molar-refractivity contribution in [1.29, 1.82) is 0 Å². The fourth-order valence-corrected chi connectivity index (χ4v) is 3.54. The van der Waals surface area contributed by atoms with Gasteiger partial charge in [0.05, 0.1) is 22.9 Å². The van der Waals surface area contributed by atoms with Crippen molar-refractivity contribution in [3.05, 3.63) is 31.2 Å². The number of hydrogen-bond acceptors (Lipinski definition) is 6. The molecule has 0 aliphatic rings. The van der Waals surface area contributed by atoms with Crippen LogP contribution in [0.15, 0.2) is 0 Å². The van der Waals surface area contributed by atoms with Crippen molar-refractivity contribution >= 4 is 34.6 Å². The van der Waals surface area contributed by atoms with Gasteiger partial charge in [0.1, 0.15) is 14.8 Å². The lowest BCUT2D eigenvalue weighted by Crippen LogP contribution is -2.22. The summed E-state index contributed by atoms with van der Waals surface area (Å²) in [6.07, 6.45) is 0.798. The van der Waals surface area contributed by atoms with Gasteiger partial charge in [0.25, 0.3) is 5.91 Å². The van der Waals surface area contributed by atoms with Crippen LogP contribution in [-0.4, -0.2) is 27.0 Å². The molecule has 0 fully saturated rings. The monoisotopic (exact) mass is 325 g/mol. The van der Waals surface area contributed by atoms with Crippen molar-refractivity contribution < 1.29 is 14.7 Å². The summed E-state index contributed by atoms with van der Waals surface area (Å²) in [6.45, 7) is 5.66. The molecule has 0 aromatic carbocycles. The summed E-state index contributed by atoms with van der Waals surface area (Å²) in [5, 5.41) is 13.2. The number of nitrogens with zero attached hydrogens (tertiary/aromatic N) is 2. The summed E-state index contributed by atoms with van der Waals surface area (Å²) in [5.41, 5.74) is 1.19. The van der Waals surface area contributed by atoms with Crippen molar-refractivity contribution in [2.45, 2.75) is 33.7 Å². The predicted molar refractivity (Wildman–Crippen MR) is 81.2 cm³/mol. The second-order valence-electron chi connectivity index (χ2n) is 4.39. The first-order valence-electron chi connectivity index (χ1n) is 6.36. The van der Waals surface area contributed by atoms with Crippen LogP contribution in [0.4, 0.5) is 0 Å². The van der Waals surface area contributed by atoms with Crippen LogP contribution < -0.4 is 5.32 Å². The molecular formula is C13H15N3O3S2. The van der Waals surface area contributed by atoms with Gasteiger partial charge in [-0.05, 0) is 20.3 Å². The third kappa shape index (κ3) is 3.45. The Bertz CT molecular complexity index is 691. The van der Waals surface area contributed by atoms with Crippen LogP contribution in [0.1, 0.15) is 47.7 Å². The largest absolute Gasteiger partial charge is 0.477 e. The average molecular weight is 325 g/mol. The minimum Gasteiger partial charge on any atom is -0.477 e. The van der Waals surface area contributed by atoms with E-state index in [0.29, 0.717) is 15.6 Å². The van der Waals surface area contributed by atoms with Gasteiger partial charge < -0.3 is 10.4 Å². The number of aromatic nitrogens is 2. The van der Waals surface area contributed by atoms with E-state index in [1.165, 1.54) is 11.3 Å². The van der Waals surface area contributed by atoms with Gasteiger partial charge in [-0.2, -0.15) is 0 Å². The number of aryl methyl sites for hydroxylation is 3. The third-order valence-corrected chi connectivity index (χ3v) is 5.23. The zero-order valence-corrected chi connectivity index (χ0v) is 13.5. The molecule has 0 atom stereocenters. The number of thiazole rings is 2. The number of rotatable bonds is 5.